The molecule has 0 saturated carbocycles. The van der Waals surface area contributed by atoms with Crippen LogP contribution >= 0.6 is 11.6 Å². The second-order valence-corrected chi connectivity index (χ2v) is 6.34. The Bertz CT molecular complexity index is 628. The summed E-state index contributed by atoms with van der Waals surface area (Å²) < 4.78 is 2.21. The Hall–Kier alpha value is -1.54. The number of carbonyl (C=O) groups excluding carboxylic acids is 1. The van der Waals surface area contributed by atoms with E-state index in [1.54, 1.807) is 6.92 Å². The van der Waals surface area contributed by atoms with Crippen molar-refractivity contribution in [3.8, 4) is 0 Å². The van der Waals surface area contributed by atoms with Crippen LogP contribution in [0.5, 0.6) is 0 Å². The Morgan fingerprint density at radius 1 is 1.19 bits per heavy atom. The number of hydrogen-bond donors (Lipinski definition) is 0. The standard InChI is InChI=1S/C18H22ClNO/c1-12(16-8-6-5-7-9-16)11-20-13(2)10-17(15(20)4)18(21)14(3)19/h5-10,12,14H,11H2,1-4H3. The van der Waals surface area contributed by atoms with E-state index in [0.717, 1.165) is 23.5 Å². The van der Waals surface area contributed by atoms with Gasteiger partial charge in [-0.15, -0.1) is 11.6 Å². The lowest BCUT2D eigenvalue weighted by atomic mass is 10.0. The summed E-state index contributed by atoms with van der Waals surface area (Å²) >= 11 is 5.94. The Balaban J connectivity index is 2.27. The van der Waals surface area contributed by atoms with E-state index >= 15 is 0 Å². The van der Waals surface area contributed by atoms with Crippen molar-refractivity contribution in [3.63, 3.8) is 0 Å². The highest BCUT2D eigenvalue weighted by molar-refractivity contribution is 6.33. The number of rotatable bonds is 5. The molecular formula is C18H22ClNO. The predicted octanol–water partition coefficient (Wildman–Crippen LogP) is 4.72. The van der Waals surface area contributed by atoms with Crippen LogP contribution in [0.3, 0.4) is 0 Å². The van der Waals surface area contributed by atoms with Gasteiger partial charge < -0.3 is 4.57 Å². The van der Waals surface area contributed by atoms with Crippen LogP contribution in [0.4, 0.5) is 0 Å². The van der Waals surface area contributed by atoms with Crippen LogP contribution in [0.25, 0.3) is 0 Å². The zero-order chi connectivity index (χ0) is 15.6. The fourth-order valence-corrected chi connectivity index (χ4v) is 2.82. The SMILES string of the molecule is Cc1cc(C(=O)C(C)Cl)c(C)n1CC(C)c1ccccc1. The van der Waals surface area contributed by atoms with Gasteiger partial charge in [0.2, 0.25) is 0 Å². The molecule has 0 aliphatic carbocycles. The Labute approximate surface area is 131 Å². The molecule has 3 heteroatoms. The van der Waals surface area contributed by atoms with E-state index in [1.807, 2.05) is 26.0 Å². The van der Waals surface area contributed by atoms with Crippen molar-refractivity contribution >= 4 is 17.4 Å². The smallest absolute Gasteiger partial charge is 0.182 e. The average molecular weight is 304 g/mol. The largest absolute Gasteiger partial charge is 0.348 e. The third kappa shape index (κ3) is 3.38. The third-order valence-corrected chi connectivity index (χ3v) is 4.22. The lowest BCUT2D eigenvalue weighted by molar-refractivity contribution is 0.0991. The summed E-state index contributed by atoms with van der Waals surface area (Å²) in [4.78, 5) is 12.1. The van der Waals surface area contributed by atoms with Crippen molar-refractivity contribution in [2.75, 3.05) is 0 Å². The number of benzene rings is 1. The second kappa shape index (κ2) is 6.48. The molecular weight excluding hydrogens is 282 g/mol. The van der Waals surface area contributed by atoms with Gasteiger partial charge in [0, 0.05) is 23.5 Å². The third-order valence-electron chi connectivity index (χ3n) is 4.03. The highest BCUT2D eigenvalue weighted by Crippen LogP contribution is 2.23. The van der Waals surface area contributed by atoms with Gasteiger partial charge >= 0.3 is 0 Å². The van der Waals surface area contributed by atoms with Crippen molar-refractivity contribution in [1.29, 1.82) is 0 Å². The number of halogens is 1. The average Bonchev–Trinajstić information content (AvgIpc) is 2.75. The van der Waals surface area contributed by atoms with E-state index in [9.17, 15) is 4.79 Å². The summed E-state index contributed by atoms with van der Waals surface area (Å²) in [7, 11) is 0. The van der Waals surface area contributed by atoms with E-state index in [1.165, 1.54) is 5.56 Å². The quantitative estimate of drug-likeness (QED) is 0.579. The van der Waals surface area contributed by atoms with Crippen LogP contribution in [0.2, 0.25) is 0 Å². The van der Waals surface area contributed by atoms with Gasteiger partial charge in [0.1, 0.15) is 0 Å². The molecule has 0 bridgehead atoms. The number of aryl methyl sites for hydroxylation is 1. The topological polar surface area (TPSA) is 22.0 Å². The number of hydrogen-bond acceptors (Lipinski definition) is 1. The molecule has 1 aromatic carbocycles. The summed E-state index contributed by atoms with van der Waals surface area (Å²) in [5, 5.41) is -0.481. The number of ketones is 1. The molecule has 2 rings (SSSR count). The highest BCUT2D eigenvalue weighted by Gasteiger charge is 2.20. The van der Waals surface area contributed by atoms with Crippen LogP contribution in [-0.2, 0) is 6.54 Å². The van der Waals surface area contributed by atoms with Crippen molar-refractivity contribution in [2.24, 2.45) is 0 Å². The normalized spacial score (nSPS) is 14.0. The molecule has 2 atom stereocenters. The minimum Gasteiger partial charge on any atom is -0.348 e. The Morgan fingerprint density at radius 2 is 1.81 bits per heavy atom. The van der Waals surface area contributed by atoms with Gasteiger partial charge in [-0.1, -0.05) is 37.3 Å². The molecule has 0 fully saturated rings. The molecule has 2 unspecified atom stereocenters. The lowest BCUT2D eigenvalue weighted by Gasteiger charge is -2.16. The maximum absolute atomic E-state index is 12.1. The zero-order valence-corrected chi connectivity index (χ0v) is 13.8. The number of Topliss-reactive ketones (excluding diaryl/α,β-unsaturated/α-hetero) is 1. The minimum absolute atomic E-state index is 0.00313. The monoisotopic (exact) mass is 303 g/mol. The second-order valence-electron chi connectivity index (χ2n) is 5.69. The molecule has 1 aromatic heterocycles. The van der Waals surface area contributed by atoms with Gasteiger partial charge in [0.25, 0.3) is 0 Å². The van der Waals surface area contributed by atoms with Gasteiger partial charge in [0.05, 0.1) is 5.38 Å². The molecule has 112 valence electrons. The number of nitrogens with zero attached hydrogens (tertiary/aromatic N) is 1. The molecule has 21 heavy (non-hydrogen) atoms. The van der Waals surface area contributed by atoms with Crippen LogP contribution in [0.1, 0.15) is 47.1 Å². The van der Waals surface area contributed by atoms with E-state index in [0.29, 0.717) is 5.92 Å². The first-order valence-corrected chi connectivity index (χ1v) is 7.75. The zero-order valence-electron chi connectivity index (χ0n) is 13.1. The van der Waals surface area contributed by atoms with Gasteiger partial charge in [-0.2, -0.15) is 0 Å². The first kappa shape index (κ1) is 15.8. The molecule has 0 N–H and O–H groups in total. The summed E-state index contributed by atoms with van der Waals surface area (Å²) in [6.07, 6.45) is 0. The van der Waals surface area contributed by atoms with Crippen molar-refractivity contribution in [1.82, 2.24) is 4.57 Å². The molecule has 0 saturated heterocycles. The van der Waals surface area contributed by atoms with Crippen LogP contribution in [-0.4, -0.2) is 15.7 Å². The fraction of sp³-hybridized carbons (Fsp3) is 0.389. The molecule has 1 heterocycles. The molecule has 0 amide bonds. The molecule has 2 nitrogen and oxygen atoms in total. The summed E-state index contributed by atoms with van der Waals surface area (Å²) in [5.41, 5.74) is 4.17. The number of aromatic nitrogens is 1. The van der Waals surface area contributed by atoms with Gasteiger partial charge in [-0.25, -0.2) is 0 Å². The number of alkyl halides is 1. The molecule has 0 aliphatic rings. The molecule has 0 spiro atoms. The van der Waals surface area contributed by atoms with E-state index in [-0.39, 0.29) is 5.78 Å². The van der Waals surface area contributed by atoms with Crippen molar-refractivity contribution < 1.29 is 4.79 Å². The maximum Gasteiger partial charge on any atom is 0.182 e. The lowest BCUT2D eigenvalue weighted by Crippen LogP contribution is -2.13. The Kier molecular flexibility index (Phi) is 4.89. The minimum atomic E-state index is -0.481. The first-order valence-electron chi connectivity index (χ1n) is 7.31. The van der Waals surface area contributed by atoms with E-state index in [4.69, 9.17) is 11.6 Å². The Morgan fingerprint density at radius 3 is 2.38 bits per heavy atom. The molecule has 2 aromatic rings. The summed E-state index contributed by atoms with van der Waals surface area (Å²) in [6.45, 7) is 8.84. The van der Waals surface area contributed by atoms with E-state index in [2.05, 4.69) is 35.8 Å². The van der Waals surface area contributed by atoms with Gasteiger partial charge in [-0.05, 0) is 38.3 Å². The molecule has 0 radical (unpaired) electrons. The summed E-state index contributed by atoms with van der Waals surface area (Å²) in [6, 6.07) is 12.4. The van der Waals surface area contributed by atoms with E-state index < -0.39 is 5.38 Å². The highest BCUT2D eigenvalue weighted by atomic mass is 35.5. The van der Waals surface area contributed by atoms with Crippen LogP contribution < -0.4 is 0 Å². The van der Waals surface area contributed by atoms with Gasteiger partial charge in [-0.3, -0.25) is 4.79 Å². The maximum atomic E-state index is 12.1. The van der Waals surface area contributed by atoms with Crippen molar-refractivity contribution in [3.05, 3.63) is 58.9 Å². The summed E-state index contributed by atoms with van der Waals surface area (Å²) in [5.74, 6) is 0.399. The number of carbonyl (C=O) groups is 1. The van der Waals surface area contributed by atoms with Gasteiger partial charge in [0.15, 0.2) is 5.78 Å². The fourth-order valence-electron chi connectivity index (χ4n) is 2.71. The first-order chi connectivity index (χ1) is 9.91. The molecule has 0 aliphatic heterocycles. The van der Waals surface area contributed by atoms with Crippen molar-refractivity contribution in [2.45, 2.75) is 45.5 Å². The van der Waals surface area contributed by atoms with Crippen LogP contribution in [0.15, 0.2) is 36.4 Å². The predicted molar refractivity (Wildman–Crippen MR) is 88.4 cm³/mol. The van der Waals surface area contributed by atoms with Crippen LogP contribution in [0, 0.1) is 13.8 Å².